The van der Waals surface area contributed by atoms with Crippen LogP contribution >= 0.6 is 0 Å². The smallest absolute Gasteiger partial charge is 0.319 e. The lowest BCUT2D eigenvalue weighted by molar-refractivity contribution is 0.249. The highest BCUT2D eigenvalue weighted by molar-refractivity contribution is 5.89. The summed E-state index contributed by atoms with van der Waals surface area (Å²) in [6.07, 6.45) is 0. The maximum atomic E-state index is 11.8. The van der Waals surface area contributed by atoms with Gasteiger partial charge in [0.2, 0.25) is 0 Å². The molecule has 0 saturated carbocycles. The Balaban J connectivity index is 1.95. The Kier molecular flexibility index (Phi) is 4.35. The van der Waals surface area contributed by atoms with E-state index in [0.717, 1.165) is 11.3 Å². The van der Waals surface area contributed by atoms with Gasteiger partial charge in [-0.25, -0.2) is 4.79 Å². The number of carbonyl (C=O) groups is 1. The lowest BCUT2D eigenvalue weighted by Crippen LogP contribution is -2.31. The third-order valence-electron chi connectivity index (χ3n) is 2.92. The maximum Gasteiger partial charge on any atom is 0.319 e. The van der Waals surface area contributed by atoms with E-state index in [1.165, 1.54) is 0 Å². The lowest BCUT2D eigenvalue weighted by Gasteiger charge is -2.15. The molecule has 2 N–H and O–H groups in total. The van der Waals surface area contributed by atoms with E-state index in [1.807, 2.05) is 49.4 Å². The molecule has 0 aliphatic heterocycles. The first-order valence-corrected chi connectivity index (χ1v) is 6.31. The number of rotatable bonds is 3. The van der Waals surface area contributed by atoms with E-state index in [1.54, 1.807) is 12.1 Å². The molecule has 20 heavy (non-hydrogen) atoms. The number of nitriles is 1. The lowest BCUT2D eigenvalue weighted by atomic mass is 10.1. The number of hydrogen-bond donors (Lipinski definition) is 2. The van der Waals surface area contributed by atoms with Crippen LogP contribution in [0.25, 0.3) is 0 Å². The normalized spacial score (nSPS) is 11.2. The molecule has 0 unspecified atom stereocenters. The summed E-state index contributed by atoms with van der Waals surface area (Å²) in [4.78, 5) is 11.8. The van der Waals surface area contributed by atoms with Crippen LogP contribution in [-0.2, 0) is 0 Å². The van der Waals surface area contributed by atoms with Crippen LogP contribution in [-0.4, -0.2) is 6.03 Å². The average molecular weight is 265 g/mol. The van der Waals surface area contributed by atoms with Gasteiger partial charge in [-0.3, -0.25) is 0 Å². The number of carbonyl (C=O) groups excluding carboxylic acids is 1. The van der Waals surface area contributed by atoms with Gasteiger partial charge < -0.3 is 10.6 Å². The van der Waals surface area contributed by atoms with Crippen molar-refractivity contribution >= 4 is 11.7 Å². The molecule has 0 aliphatic carbocycles. The molecule has 4 nitrogen and oxygen atoms in total. The molecule has 2 amide bonds. The monoisotopic (exact) mass is 265 g/mol. The minimum Gasteiger partial charge on any atom is -0.331 e. The van der Waals surface area contributed by atoms with Crippen molar-refractivity contribution in [3.05, 3.63) is 65.7 Å². The Morgan fingerprint density at radius 3 is 2.35 bits per heavy atom. The summed E-state index contributed by atoms with van der Waals surface area (Å²) in [6.45, 7) is 1.89. The molecular weight excluding hydrogens is 250 g/mol. The Morgan fingerprint density at radius 1 is 1.10 bits per heavy atom. The standard InChI is InChI=1S/C16H15N3O/c1-12(14-9-7-13(11-17)8-10-14)18-16(20)19-15-5-3-2-4-6-15/h2-10,12H,1H3,(H2,18,19,20)/t12-/m1/s1. The molecule has 4 heteroatoms. The van der Waals surface area contributed by atoms with Gasteiger partial charge in [-0.1, -0.05) is 30.3 Å². The van der Waals surface area contributed by atoms with Crippen LogP contribution in [0.2, 0.25) is 0 Å². The van der Waals surface area contributed by atoms with E-state index in [4.69, 9.17) is 5.26 Å². The molecule has 2 aromatic rings. The van der Waals surface area contributed by atoms with Crippen molar-refractivity contribution in [2.45, 2.75) is 13.0 Å². The van der Waals surface area contributed by atoms with E-state index in [2.05, 4.69) is 16.7 Å². The molecule has 2 aromatic carbocycles. The number of urea groups is 1. The molecular formula is C16H15N3O. The van der Waals surface area contributed by atoms with Crippen LogP contribution in [0.4, 0.5) is 10.5 Å². The minimum atomic E-state index is -0.256. The van der Waals surface area contributed by atoms with Gasteiger partial charge >= 0.3 is 6.03 Å². The highest BCUT2D eigenvalue weighted by Crippen LogP contribution is 2.13. The zero-order valence-corrected chi connectivity index (χ0v) is 11.1. The van der Waals surface area contributed by atoms with Gasteiger partial charge in [0, 0.05) is 5.69 Å². The third-order valence-corrected chi connectivity index (χ3v) is 2.92. The topological polar surface area (TPSA) is 64.9 Å². The fraction of sp³-hybridized carbons (Fsp3) is 0.125. The van der Waals surface area contributed by atoms with Crippen LogP contribution < -0.4 is 10.6 Å². The third kappa shape index (κ3) is 3.59. The molecule has 1 atom stereocenters. The van der Waals surface area contributed by atoms with E-state index in [-0.39, 0.29) is 12.1 Å². The Labute approximate surface area is 118 Å². The Morgan fingerprint density at radius 2 is 1.75 bits per heavy atom. The largest absolute Gasteiger partial charge is 0.331 e. The summed E-state index contributed by atoms with van der Waals surface area (Å²) in [7, 11) is 0. The van der Waals surface area contributed by atoms with Crippen LogP contribution in [0.15, 0.2) is 54.6 Å². The van der Waals surface area contributed by atoms with E-state index in [9.17, 15) is 4.79 Å². The predicted molar refractivity (Wildman–Crippen MR) is 78.2 cm³/mol. The molecule has 0 radical (unpaired) electrons. The van der Waals surface area contributed by atoms with Crippen molar-refractivity contribution < 1.29 is 4.79 Å². The van der Waals surface area contributed by atoms with Gasteiger partial charge in [0.1, 0.15) is 0 Å². The molecule has 0 bridgehead atoms. The summed E-state index contributed by atoms with van der Waals surface area (Å²) in [5.74, 6) is 0. The van der Waals surface area contributed by atoms with Gasteiger partial charge in [-0.05, 0) is 36.8 Å². The summed E-state index contributed by atoms with van der Waals surface area (Å²) in [6, 6.07) is 18.1. The average Bonchev–Trinajstić information content (AvgIpc) is 2.48. The molecule has 0 heterocycles. The zero-order valence-electron chi connectivity index (χ0n) is 11.1. The first kappa shape index (κ1) is 13.6. The van der Waals surface area contributed by atoms with Crippen molar-refractivity contribution in [2.75, 3.05) is 5.32 Å². The van der Waals surface area contributed by atoms with Gasteiger partial charge in [-0.2, -0.15) is 5.26 Å². The fourth-order valence-corrected chi connectivity index (χ4v) is 1.81. The van der Waals surface area contributed by atoms with E-state index < -0.39 is 0 Å². The maximum absolute atomic E-state index is 11.8. The highest BCUT2D eigenvalue weighted by Gasteiger charge is 2.09. The highest BCUT2D eigenvalue weighted by atomic mass is 16.2. The number of amides is 2. The molecule has 0 fully saturated rings. The Bertz CT molecular complexity index is 614. The minimum absolute atomic E-state index is 0.133. The number of anilines is 1. The van der Waals surface area contributed by atoms with Crippen LogP contribution in [0, 0.1) is 11.3 Å². The predicted octanol–water partition coefficient (Wildman–Crippen LogP) is 3.44. The van der Waals surface area contributed by atoms with Crippen LogP contribution in [0.1, 0.15) is 24.1 Å². The second kappa shape index (κ2) is 6.39. The quantitative estimate of drug-likeness (QED) is 0.892. The van der Waals surface area contributed by atoms with Crippen molar-refractivity contribution in [1.29, 1.82) is 5.26 Å². The van der Waals surface area contributed by atoms with Crippen molar-refractivity contribution in [3.8, 4) is 6.07 Å². The van der Waals surface area contributed by atoms with Crippen LogP contribution in [0.5, 0.6) is 0 Å². The molecule has 0 saturated heterocycles. The fourth-order valence-electron chi connectivity index (χ4n) is 1.81. The number of nitrogens with one attached hydrogen (secondary N) is 2. The number of hydrogen-bond acceptors (Lipinski definition) is 2. The van der Waals surface area contributed by atoms with Crippen molar-refractivity contribution in [1.82, 2.24) is 5.32 Å². The summed E-state index contributed by atoms with van der Waals surface area (Å²) >= 11 is 0. The molecule has 2 rings (SSSR count). The van der Waals surface area contributed by atoms with E-state index >= 15 is 0 Å². The van der Waals surface area contributed by atoms with Crippen molar-refractivity contribution in [2.24, 2.45) is 0 Å². The first-order valence-electron chi connectivity index (χ1n) is 6.31. The second-order valence-corrected chi connectivity index (χ2v) is 4.42. The van der Waals surface area contributed by atoms with Gasteiger partial charge in [0.15, 0.2) is 0 Å². The zero-order chi connectivity index (χ0) is 14.4. The van der Waals surface area contributed by atoms with E-state index in [0.29, 0.717) is 5.56 Å². The summed E-state index contributed by atoms with van der Waals surface area (Å²) < 4.78 is 0. The van der Waals surface area contributed by atoms with Gasteiger partial charge in [-0.15, -0.1) is 0 Å². The first-order chi connectivity index (χ1) is 9.69. The summed E-state index contributed by atoms with van der Waals surface area (Å²) in [5.41, 5.74) is 2.30. The Hall–Kier alpha value is -2.80. The molecule has 0 aliphatic rings. The second-order valence-electron chi connectivity index (χ2n) is 4.42. The van der Waals surface area contributed by atoms with Gasteiger partial charge in [0.25, 0.3) is 0 Å². The molecule has 0 spiro atoms. The molecule has 100 valence electrons. The number of nitrogens with zero attached hydrogens (tertiary/aromatic N) is 1. The number of benzene rings is 2. The van der Waals surface area contributed by atoms with Gasteiger partial charge in [0.05, 0.1) is 17.7 Å². The summed E-state index contributed by atoms with van der Waals surface area (Å²) in [5, 5.41) is 14.4. The SMILES string of the molecule is C[C@@H](NC(=O)Nc1ccccc1)c1ccc(C#N)cc1. The van der Waals surface area contributed by atoms with Crippen molar-refractivity contribution in [3.63, 3.8) is 0 Å². The molecule has 0 aromatic heterocycles. The van der Waals surface area contributed by atoms with Crippen LogP contribution in [0.3, 0.4) is 0 Å². The number of para-hydroxylation sites is 1.